The molecule has 1 fully saturated rings. The number of allylic oxidation sites excluding steroid dienone is 2. The number of hydrogen-bond acceptors (Lipinski definition) is 8. The Hall–Kier alpha value is -3.60. The Kier molecular flexibility index (Phi) is 8.58. The van der Waals surface area contributed by atoms with E-state index < -0.39 is 5.76 Å². The third-order valence-corrected chi connectivity index (χ3v) is 7.74. The lowest BCUT2D eigenvalue weighted by Crippen LogP contribution is -2.31. The van der Waals surface area contributed by atoms with Gasteiger partial charge in [0.25, 0.3) is 5.89 Å². The molecule has 0 spiro atoms. The molecule has 40 heavy (non-hydrogen) atoms. The third-order valence-electron chi connectivity index (χ3n) is 7.48. The molecule has 0 radical (unpaired) electrons. The van der Waals surface area contributed by atoms with Crippen LogP contribution in [0, 0.1) is 5.92 Å². The summed E-state index contributed by atoms with van der Waals surface area (Å²) in [5, 5.41) is 5.90. The predicted molar refractivity (Wildman–Crippen MR) is 156 cm³/mol. The SMILES string of the molecule is C=CCC(C)CCCC(C)n1c(N2CCCC2C=CF)nc2nc(-c3n[nH]c(=O)o3)nc(C3=CC(Cl)CN=C3)c21. The predicted octanol–water partition coefficient (Wildman–Crippen LogP) is 5.64. The number of anilines is 1. The molecule has 0 bridgehead atoms. The fourth-order valence-corrected chi connectivity index (χ4v) is 5.75. The number of nitrogens with zero attached hydrogens (tertiary/aromatic N) is 7. The van der Waals surface area contributed by atoms with E-state index in [1.54, 1.807) is 12.3 Å². The molecular formula is C28H34ClFN8O2. The number of imidazole rings is 1. The molecule has 0 aliphatic carbocycles. The van der Waals surface area contributed by atoms with E-state index in [0.29, 0.717) is 36.1 Å². The Bertz CT molecular complexity index is 1510. The Balaban J connectivity index is 1.68. The van der Waals surface area contributed by atoms with E-state index in [2.05, 4.69) is 50.1 Å². The molecule has 2 aliphatic heterocycles. The first-order valence-electron chi connectivity index (χ1n) is 13.8. The molecule has 0 amide bonds. The number of hydrogen-bond donors (Lipinski definition) is 1. The van der Waals surface area contributed by atoms with Gasteiger partial charge in [0.1, 0.15) is 11.2 Å². The van der Waals surface area contributed by atoms with E-state index in [-0.39, 0.29) is 29.2 Å². The van der Waals surface area contributed by atoms with Gasteiger partial charge in [-0.2, -0.15) is 4.98 Å². The van der Waals surface area contributed by atoms with Gasteiger partial charge in [-0.25, -0.2) is 24.3 Å². The van der Waals surface area contributed by atoms with Crippen LogP contribution < -0.4 is 10.7 Å². The monoisotopic (exact) mass is 568 g/mol. The van der Waals surface area contributed by atoms with Crippen LogP contribution in [0.25, 0.3) is 28.5 Å². The van der Waals surface area contributed by atoms with Crippen molar-refractivity contribution >= 4 is 40.5 Å². The van der Waals surface area contributed by atoms with Gasteiger partial charge >= 0.3 is 5.76 Å². The first-order chi connectivity index (χ1) is 19.4. The van der Waals surface area contributed by atoms with Crippen molar-refractivity contribution in [3.05, 3.63) is 47.4 Å². The lowest BCUT2D eigenvalue weighted by Gasteiger charge is -2.27. The molecule has 12 heteroatoms. The molecule has 4 atom stereocenters. The van der Waals surface area contributed by atoms with Crippen molar-refractivity contribution in [2.45, 2.75) is 69.8 Å². The molecule has 212 valence electrons. The maximum atomic E-state index is 13.3. The van der Waals surface area contributed by atoms with Gasteiger partial charge in [-0.3, -0.25) is 4.99 Å². The largest absolute Gasteiger partial charge is 0.434 e. The van der Waals surface area contributed by atoms with Crippen LogP contribution in [0.3, 0.4) is 0 Å². The molecule has 3 aromatic rings. The second-order valence-electron chi connectivity index (χ2n) is 10.5. The van der Waals surface area contributed by atoms with Gasteiger partial charge in [-0.05, 0) is 44.6 Å². The molecule has 10 nitrogen and oxygen atoms in total. The number of aromatic amines is 1. The first kappa shape index (κ1) is 27.9. The van der Waals surface area contributed by atoms with Crippen molar-refractivity contribution in [1.82, 2.24) is 29.7 Å². The van der Waals surface area contributed by atoms with Gasteiger partial charge in [0.05, 0.1) is 24.3 Å². The summed E-state index contributed by atoms with van der Waals surface area (Å²) in [6.07, 6.45) is 13.5. The van der Waals surface area contributed by atoms with E-state index in [4.69, 9.17) is 26.0 Å². The highest BCUT2D eigenvalue weighted by molar-refractivity contribution is 6.25. The number of alkyl halides is 1. The van der Waals surface area contributed by atoms with Crippen LogP contribution in [0.15, 0.2) is 45.3 Å². The normalized spacial score (nSPS) is 20.9. The Labute approximate surface area is 236 Å². The Morgan fingerprint density at radius 2 is 2.15 bits per heavy atom. The first-order valence-corrected chi connectivity index (χ1v) is 14.2. The summed E-state index contributed by atoms with van der Waals surface area (Å²) < 4.78 is 20.7. The fourth-order valence-electron chi connectivity index (χ4n) is 5.53. The number of rotatable bonds is 11. The number of halogens is 2. The summed E-state index contributed by atoms with van der Waals surface area (Å²) in [6.45, 7) is 9.47. The highest BCUT2D eigenvalue weighted by Gasteiger charge is 2.32. The van der Waals surface area contributed by atoms with Crippen molar-refractivity contribution in [2.75, 3.05) is 18.0 Å². The highest BCUT2D eigenvalue weighted by atomic mass is 35.5. The minimum Gasteiger partial charge on any atom is -0.384 e. The lowest BCUT2D eigenvalue weighted by atomic mass is 9.99. The zero-order valence-corrected chi connectivity index (χ0v) is 23.5. The van der Waals surface area contributed by atoms with Crippen molar-refractivity contribution in [1.29, 1.82) is 0 Å². The molecule has 3 aromatic heterocycles. The topological polar surface area (TPSA) is 118 Å². The van der Waals surface area contributed by atoms with Crippen LogP contribution in [-0.2, 0) is 0 Å². The van der Waals surface area contributed by atoms with Gasteiger partial charge in [0.15, 0.2) is 5.65 Å². The third kappa shape index (κ3) is 5.79. The van der Waals surface area contributed by atoms with E-state index >= 15 is 0 Å². The summed E-state index contributed by atoms with van der Waals surface area (Å²) in [6, 6.07) is -0.0840. The van der Waals surface area contributed by atoms with E-state index in [1.165, 1.54) is 0 Å². The smallest absolute Gasteiger partial charge is 0.384 e. The maximum absolute atomic E-state index is 13.3. The van der Waals surface area contributed by atoms with Crippen LogP contribution >= 0.6 is 11.6 Å². The minimum absolute atomic E-state index is 0.0379. The maximum Gasteiger partial charge on any atom is 0.434 e. The number of dihydropyridines is 1. The average Bonchev–Trinajstić information content (AvgIpc) is 3.66. The minimum atomic E-state index is -0.706. The van der Waals surface area contributed by atoms with E-state index in [1.807, 2.05) is 12.2 Å². The van der Waals surface area contributed by atoms with Crippen molar-refractivity contribution < 1.29 is 8.81 Å². The molecular weight excluding hydrogens is 535 g/mol. The highest BCUT2D eigenvalue weighted by Crippen LogP contribution is 2.37. The molecule has 0 aromatic carbocycles. The summed E-state index contributed by atoms with van der Waals surface area (Å²) in [7, 11) is 0. The molecule has 4 unspecified atom stereocenters. The van der Waals surface area contributed by atoms with Gasteiger partial charge in [-0.1, -0.05) is 31.9 Å². The molecule has 1 saturated heterocycles. The van der Waals surface area contributed by atoms with Gasteiger partial charge in [-0.15, -0.1) is 23.3 Å². The molecule has 0 saturated carbocycles. The van der Waals surface area contributed by atoms with E-state index in [0.717, 1.165) is 56.2 Å². The summed E-state index contributed by atoms with van der Waals surface area (Å²) in [5.74, 6) is 0.631. The second kappa shape index (κ2) is 12.3. The Morgan fingerprint density at radius 3 is 2.88 bits per heavy atom. The standard InChI is InChI=1S/C28H34ClFN8O2/c1-4-7-17(2)8-5-9-18(3)38-23-22(19-14-20(29)16-31-15-19)32-25(26-35-36-28(39)40-26)33-24(23)34-27(38)37-13-6-10-21(37)11-12-30/h4,11-12,14-15,17-18,20-21H,1,5-10,13,16H2,2-3H3,(H,36,39). The zero-order chi connectivity index (χ0) is 28.2. The molecule has 5 heterocycles. The molecule has 5 rings (SSSR count). The number of fused-ring (bicyclic) bond motifs is 1. The van der Waals surface area contributed by atoms with Crippen LogP contribution in [0.5, 0.6) is 0 Å². The Morgan fingerprint density at radius 1 is 1.30 bits per heavy atom. The van der Waals surface area contributed by atoms with Crippen LogP contribution in [0.1, 0.15) is 64.1 Å². The van der Waals surface area contributed by atoms with Crippen LogP contribution in [0.4, 0.5) is 10.3 Å². The summed E-state index contributed by atoms with van der Waals surface area (Å²) >= 11 is 6.47. The van der Waals surface area contributed by atoms with E-state index in [9.17, 15) is 9.18 Å². The number of H-pyrrole nitrogens is 1. The van der Waals surface area contributed by atoms with Crippen molar-refractivity contribution in [2.24, 2.45) is 10.9 Å². The van der Waals surface area contributed by atoms with Crippen LogP contribution in [-0.4, -0.2) is 60.4 Å². The number of aliphatic imine (C=N–C) groups is 1. The zero-order valence-electron chi connectivity index (χ0n) is 22.8. The number of aromatic nitrogens is 6. The average molecular weight is 569 g/mol. The quantitative estimate of drug-likeness (QED) is 0.235. The van der Waals surface area contributed by atoms with Gasteiger partial charge < -0.3 is 13.9 Å². The summed E-state index contributed by atoms with van der Waals surface area (Å²) in [4.78, 5) is 32.7. The lowest BCUT2D eigenvalue weighted by molar-refractivity contribution is 0.439. The van der Waals surface area contributed by atoms with Gasteiger partial charge in [0.2, 0.25) is 11.8 Å². The van der Waals surface area contributed by atoms with Gasteiger partial charge in [0, 0.05) is 24.4 Å². The van der Waals surface area contributed by atoms with Crippen molar-refractivity contribution in [3.8, 4) is 11.7 Å². The number of nitrogens with one attached hydrogen (secondary N) is 1. The second-order valence-corrected chi connectivity index (χ2v) is 11.1. The molecule has 2 aliphatic rings. The summed E-state index contributed by atoms with van der Waals surface area (Å²) in [5.41, 5.74) is 2.44. The fraction of sp³-hybridized carbons (Fsp3) is 0.500. The van der Waals surface area contributed by atoms with Crippen LogP contribution in [0.2, 0.25) is 0 Å². The van der Waals surface area contributed by atoms with Crippen molar-refractivity contribution in [3.63, 3.8) is 0 Å². The molecule has 1 N–H and O–H groups in total.